The van der Waals surface area contributed by atoms with E-state index in [1.165, 1.54) is 6.08 Å². The highest BCUT2D eigenvalue weighted by Crippen LogP contribution is 2.40. The molecule has 1 atom stereocenters. The lowest BCUT2D eigenvalue weighted by Gasteiger charge is -2.25. The molecule has 0 spiro atoms. The normalized spacial score (nSPS) is 16.4. The Bertz CT molecular complexity index is 1650. The molecule has 2 aliphatic rings. The number of halogens is 1. The van der Waals surface area contributed by atoms with E-state index in [1.807, 2.05) is 66.7 Å². The molecule has 224 valence electrons. The zero-order chi connectivity index (χ0) is 30.5. The largest absolute Gasteiger partial charge is 0.486 e. The first kappa shape index (κ1) is 29.6. The van der Waals surface area contributed by atoms with E-state index in [1.54, 1.807) is 23.2 Å². The van der Waals surface area contributed by atoms with Gasteiger partial charge in [0.1, 0.15) is 17.7 Å². The summed E-state index contributed by atoms with van der Waals surface area (Å²) in [4.78, 5) is 34.1. The molecular weight excluding hydrogens is 576 g/mol. The van der Waals surface area contributed by atoms with Crippen molar-refractivity contribution in [3.05, 3.63) is 113 Å². The maximum absolute atomic E-state index is 13.4. The maximum Gasteiger partial charge on any atom is 0.251 e. The fourth-order valence-electron chi connectivity index (χ4n) is 5.47. The first-order valence-corrected chi connectivity index (χ1v) is 15.0. The van der Waals surface area contributed by atoms with Gasteiger partial charge in [-0.2, -0.15) is 0 Å². The molecule has 2 N–H and O–H groups in total. The number of carbonyl (C=O) groups excluding carboxylic acids is 2. The van der Waals surface area contributed by atoms with Crippen LogP contribution >= 0.6 is 11.6 Å². The van der Waals surface area contributed by atoms with Crippen LogP contribution in [0.4, 0.5) is 11.5 Å². The van der Waals surface area contributed by atoms with Crippen molar-refractivity contribution >= 4 is 40.9 Å². The zero-order valence-corrected chi connectivity index (χ0v) is 25.0. The van der Waals surface area contributed by atoms with Gasteiger partial charge in [0.2, 0.25) is 0 Å². The predicted molar refractivity (Wildman–Crippen MR) is 173 cm³/mol. The number of fused-ring (bicyclic) bond motifs is 1. The average Bonchev–Trinajstić information content (AvgIpc) is 3.47. The van der Waals surface area contributed by atoms with Gasteiger partial charge < -0.3 is 20.1 Å². The van der Waals surface area contributed by atoms with E-state index in [0.29, 0.717) is 54.9 Å². The minimum absolute atomic E-state index is 0.0965. The maximum atomic E-state index is 13.4. The molecule has 0 radical (unpaired) electrons. The highest BCUT2D eigenvalue weighted by atomic mass is 35.5. The number of ether oxygens (including phenoxy) is 2. The van der Waals surface area contributed by atoms with Gasteiger partial charge >= 0.3 is 0 Å². The van der Waals surface area contributed by atoms with Crippen LogP contribution < -0.4 is 15.4 Å². The number of aromatic nitrogens is 1. The predicted octanol–water partition coefficient (Wildman–Crippen LogP) is 5.55. The summed E-state index contributed by atoms with van der Waals surface area (Å²) in [5.74, 6) is 0.981. The fourth-order valence-corrected chi connectivity index (χ4v) is 5.75. The van der Waals surface area contributed by atoms with Gasteiger partial charge in [0.05, 0.1) is 31.3 Å². The Morgan fingerprint density at radius 3 is 2.50 bits per heavy atom. The van der Waals surface area contributed by atoms with Crippen LogP contribution in [0.25, 0.3) is 17.2 Å². The van der Waals surface area contributed by atoms with Crippen LogP contribution in [0.2, 0.25) is 5.02 Å². The number of nitrogens with two attached hydrogens (primary N) is 1. The van der Waals surface area contributed by atoms with Crippen LogP contribution in [0.5, 0.6) is 5.75 Å². The van der Waals surface area contributed by atoms with Crippen LogP contribution in [-0.4, -0.2) is 67.1 Å². The molecule has 9 heteroatoms. The van der Waals surface area contributed by atoms with Gasteiger partial charge in [-0.15, -0.1) is 0 Å². The van der Waals surface area contributed by atoms with Gasteiger partial charge in [-0.25, -0.2) is 4.98 Å². The van der Waals surface area contributed by atoms with Crippen LogP contribution in [0.3, 0.4) is 0 Å². The number of Topliss-reactive ketones (excluding diaryl/α,β-unsaturated/α-hetero) is 1. The molecule has 1 aromatic heterocycles. The molecule has 1 amide bonds. The topological polar surface area (TPSA) is 98.0 Å². The first-order chi connectivity index (χ1) is 21.4. The Hall–Kier alpha value is -4.50. The average molecular weight is 609 g/mol. The smallest absolute Gasteiger partial charge is 0.251 e. The van der Waals surface area contributed by atoms with Gasteiger partial charge in [-0.3, -0.25) is 14.5 Å². The molecule has 3 heterocycles. The van der Waals surface area contributed by atoms with Gasteiger partial charge in [-0.05, 0) is 59.2 Å². The molecular formula is C35H33ClN4O4. The summed E-state index contributed by atoms with van der Waals surface area (Å²) in [6.07, 6.45) is 5.19. The lowest BCUT2D eigenvalue weighted by Crippen LogP contribution is -2.39. The highest BCUT2D eigenvalue weighted by Gasteiger charge is 2.29. The minimum Gasteiger partial charge on any atom is -0.486 e. The second-order valence-electron chi connectivity index (χ2n) is 10.9. The van der Waals surface area contributed by atoms with Crippen molar-refractivity contribution < 1.29 is 19.1 Å². The Morgan fingerprint density at radius 1 is 1.00 bits per heavy atom. The van der Waals surface area contributed by atoms with E-state index in [0.717, 1.165) is 41.0 Å². The van der Waals surface area contributed by atoms with E-state index >= 15 is 0 Å². The second-order valence-corrected chi connectivity index (χ2v) is 11.3. The summed E-state index contributed by atoms with van der Waals surface area (Å²) in [7, 11) is 0. The van der Waals surface area contributed by atoms with Crippen molar-refractivity contribution in [1.82, 2.24) is 9.88 Å². The van der Waals surface area contributed by atoms with Crippen molar-refractivity contribution in [3.63, 3.8) is 0 Å². The zero-order valence-electron chi connectivity index (χ0n) is 24.2. The van der Waals surface area contributed by atoms with E-state index in [-0.39, 0.29) is 17.8 Å². The van der Waals surface area contributed by atoms with Crippen molar-refractivity contribution in [1.29, 1.82) is 0 Å². The van der Waals surface area contributed by atoms with Gasteiger partial charge in [0.25, 0.3) is 5.91 Å². The van der Waals surface area contributed by atoms with Gasteiger partial charge in [0, 0.05) is 48.6 Å². The molecule has 44 heavy (non-hydrogen) atoms. The van der Waals surface area contributed by atoms with Crippen LogP contribution in [0.1, 0.15) is 21.5 Å². The van der Waals surface area contributed by atoms with Crippen molar-refractivity contribution in [3.8, 4) is 16.9 Å². The van der Waals surface area contributed by atoms with Crippen molar-refractivity contribution in [2.24, 2.45) is 0 Å². The Morgan fingerprint density at radius 2 is 1.77 bits per heavy atom. The van der Waals surface area contributed by atoms with Crippen LogP contribution in [0, 0.1) is 0 Å². The number of morpholine rings is 1. The first-order valence-electron chi connectivity index (χ1n) is 14.6. The van der Waals surface area contributed by atoms with Gasteiger partial charge in [-0.1, -0.05) is 54.1 Å². The molecule has 2 aliphatic heterocycles. The number of rotatable bonds is 9. The fraction of sp³-hybridized carbons (Fsp3) is 0.229. The van der Waals surface area contributed by atoms with E-state index in [4.69, 9.17) is 26.8 Å². The number of nitrogens with zero attached hydrogens (tertiary/aromatic N) is 3. The molecule has 0 saturated carbocycles. The number of ketones is 1. The summed E-state index contributed by atoms with van der Waals surface area (Å²) in [5.41, 5.74) is 10.8. The summed E-state index contributed by atoms with van der Waals surface area (Å²) < 4.78 is 11.7. The molecule has 8 nitrogen and oxygen atoms in total. The molecule has 1 fully saturated rings. The second kappa shape index (κ2) is 13.4. The third kappa shape index (κ3) is 7.00. The quantitative estimate of drug-likeness (QED) is 0.197. The molecule has 4 aromatic rings. The van der Waals surface area contributed by atoms with Crippen molar-refractivity contribution in [2.45, 2.75) is 12.5 Å². The molecule has 0 bridgehead atoms. The number of anilines is 2. The lowest BCUT2D eigenvalue weighted by molar-refractivity contribution is -0.114. The van der Waals surface area contributed by atoms with Crippen molar-refractivity contribution in [2.75, 3.05) is 50.0 Å². The van der Waals surface area contributed by atoms with Crippen LogP contribution in [0.15, 0.2) is 91.1 Å². The molecule has 0 aliphatic carbocycles. The molecule has 3 aromatic carbocycles. The summed E-state index contributed by atoms with van der Waals surface area (Å²) >= 11 is 6.72. The SMILES string of the molecule is Nc1ccc(/C=C/C(=O)N(CC2Cc3cc(-c4ccc(C(=O)CN5CCOCC5)cc4)cc(Cl)c3O2)c2ccccc2)cn1. The standard InChI is InChI=1S/C35H33ClN4O4/c36-31-20-27(25-8-10-26(11-9-25)32(41)23-39-14-16-43-17-15-39)18-28-19-30(44-35(28)31)22-40(29-4-2-1-3-5-29)34(42)13-7-24-6-12-33(37)38-21-24/h1-13,18,20-21,30H,14-17,19,22-23H2,(H2,37,38)/b13-7+. The molecule has 1 saturated heterocycles. The Kier molecular flexibility index (Phi) is 9.02. The number of pyridine rings is 1. The third-order valence-corrected chi connectivity index (χ3v) is 8.09. The lowest BCUT2D eigenvalue weighted by atomic mass is 9.99. The van der Waals surface area contributed by atoms with E-state index in [9.17, 15) is 9.59 Å². The Labute approximate surface area is 261 Å². The van der Waals surface area contributed by atoms with E-state index in [2.05, 4.69) is 16.0 Å². The monoisotopic (exact) mass is 608 g/mol. The highest BCUT2D eigenvalue weighted by molar-refractivity contribution is 6.32. The summed E-state index contributed by atoms with van der Waals surface area (Å²) in [6.45, 7) is 3.61. The Balaban J connectivity index is 1.15. The summed E-state index contributed by atoms with van der Waals surface area (Å²) in [5, 5.41) is 0.515. The number of hydrogen-bond donors (Lipinski definition) is 1. The molecule has 1 unspecified atom stereocenters. The third-order valence-electron chi connectivity index (χ3n) is 7.81. The number of carbonyl (C=O) groups is 2. The number of nitrogen functional groups attached to an aromatic ring is 1. The number of amides is 1. The number of benzene rings is 3. The van der Waals surface area contributed by atoms with E-state index < -0.39 is 0 Å². The summed E-state index contributed by atoms with van der Waals surface area (Å²) in [6, 6.07) is 24.6. The van der Waals surface area contributed by atoms with Gasteiger partial charge in [0.15, 0.2) is 5.78 Å². The number of hydrogen-bond acceptors (Lipinski definition) is 7. The molecule has 6 rings (SSSR count). The number of para-hydroxylation sites is 1. The minimum atomic E-state index is -0.284. The van der Waals surface area contributed by atoms with Crippen LogP contribution in [-0.2, 0) is 16.0 Å².